The van der Waals surface area contributed by atoms with Crippen LogP contribution in [-0.4, -0.2) is 29.9 Å². The molecule has 3 nitrogen and oxygen atoms in total. The molecule has 2 aliphatic rings. The van der Waals surface area contributed by atoms with Gasteiger partial charge in [-0.1, -0.05) is 44.5 Å². The Kier molecular flexibility index (Phi) is 5.37. The second kappa shape index (κ2) is 7.48. The van der Waals surface area contributed by atoms with Crippen LogP contribution in [0.15, 0.2) is 24.3 Å². The first kappa shape index (κ1) is 16.5. The van der Waals surface area contributed by atoms with Crippen LogP contribution >= 0.6 is 0 Å². The number of piperidine rings is 1. The molecule has 1 aliphatic heterocycles. The summed E-state index contributed by atoms with van der Waals surface area (Å²) in [6.45, 7) is 7.24. The maximum atomic E-state index is 12.3. The summed E-state index contributed by atoms with van der Waals surface area (Å²) in [6.07, 6.45) is 5.55. The normalized spacial score (nSPS) is 24.7. The smallest absolute Gasteiger partial charge is 0.225 e. The van der Waals surface area contributed by atoms with Crippen molar-refractivity contribution < 1.29 is 4.79 Å². The van der Waals surface area contributed by atoms with Crippen LogP contribution in [0, 0.1) is 11.8 Å². The van der Waals surface area contributed by atoms with Crippen LogP contribution in [0.4, 0.5) is 0 Å². The molecule has 0 bridgehead atoms. The van der Waals surface area contributed by atoms with Crippen molar-refractivity contribution in [2.75, 3.05) is 13.1 Å². The minimum absolute atomic E-state index is 0.356. The highest BCUT2D eigenvalue weighted by molar-refractivity contribution is 5.81. The summed E-state index contributed by atoms with van der Waals surface area (Å²) in [6, 6.07) is 9.46. The molecular weight excluding hydrogens is 284 g/mol. The van der Waals surface area contributed by atoms with Gasteiger partial charge < -0.3 is 10.2 Å². The third-order valence-corrected chi connectivity index (χ3v) is 5.50. The summed E-state index contributed by atoms with van der Waals surface area (Å²) >= 11 is 0. The molecule has 1 heterocycles. The van der Waals surface area contributed by atoms with Crippen LogP contribution in [0.3, 0.4) is 0 Å². The second-order valence-electron chi connectivity index (χ2n) is 7.17. The molecule has 1 N–H and O–H groups in total. The van der Waals surface area contributed by atoms with Crippen molar-refractivity contribution in [3.05, 3.63) is 35.4 Å². The molecular formula is C20H30N2O. The van der Waals surface area contributed by atoms with Gasteiger partial charge in [-0.25, -0.2) is 0 Å². The van der Waals surface area contributed by atoms with E-state index in [1.54, 1.807) is 0 Å². The van der Waals surface area contributed by atoms with Gasteiger partial charge in [0.1, 0.15) is 0 Å². The molecule has 2 fully saturated rings. The Morgan fingerprint density at radius 2 is 1.83 bits per heavy atom. The van der Waals surface area contributed by atoms with E-state index in [2.05, 4.69) is 48.3 Å². The maximum Gasteiger partial charge on any atom is 0.225 e. The lowest BCUT2D eigenvalue weighted by atomic mass is 9.89. The molecule has 3 rings (SSSR count). The van der Waals surface area contributed by atoms with Gasteiger partial charge in [0.15, 0.2) is 0 Å². The summed E-state index contributed by atoms with van der Waals surface area (Å²) in [5.74, 6) is 1.35. The minimum Gasteiger partial charge on any atom is -0.342 e. The van der Waals surface area contributed by atoms with Crippen LogP contribution in [0.5, 0.6) is 0 Å². The Morgan fingerprint density at radius 3 is 2.43 bits per heavy atom. The first-order chi connectivity index (χ1) is 11.2. The lowest BCUT2D eigenvalue weighted by Crippen LogP contribution is -2.51. The third-order valence-electron chi connectivity index (χ3n) is 5.50. The fourth-order valence-electron chi connectivity index (χ4n) is 3.64. The Morgan fingerprint density at radius 1 is 1.13 bits per heavy atom. The summed E-state index contributed by atoms with van der Waals surface area (Å²) < 4.78 is 0. The molecule has 1 aliphatic carbocycles. The van der Waals surface area contributed by atoms with Gasteiger partial charge in [-0.2, -0.15) is 0 Å². The Labute approximate surface area is 140 Å². The topological polar surface area (TPSA) is 32.3 Å². The first-order valence-corrected chi connectivity index (χ1v) is 9.31. The van der Waals surface area contributed by atoms with Crippen molar-refractivity contribution in [1.29, 1.82) is 0 Å². The first-order valence-electron chi connectivity index (χ1n) is 9.31. The van der Waals surface area contributed by atoms with Crippen LogP contribution < -0.4 is 5.32 Å². The van der Waals surface area contributed by atoms with Crippen LogP contribution in [0.2, 0.25) is 0 Å². The number of carbonyl (C=O) groups is 1. The lowest BCUT2D eigenvalue weighted by molar-refractivity contribution is -0.134. The van der Waals surface area contributed by atoms with Gasteiger partial charge in [-0.3, -0.25) is 4.79 Å². The maximum absolute atomic E-state index is 12.3. The van der Waals surface area contributed by atoms with E-state index in [1.807, 2.05) is 0 Å². The van der Waals surface area contributed by atoms with Crippen molar-refractivity contribution in [1.82, 2.24) is 10.2 Å². The van der Waals surface area contributed by atoms with Crippen molar-refractivity contribution in [3.63, 3.8) is 0 Å². The van der Waals surface area contributed by atoms with Gasteiger partial charge in [-0.15, -0.1) is 0 Å². The average Bonchev–Trinajstić information content (AvgIpc) is 3.44. The number of hydrogen-bond acceptors (Lipinski definition) is 2. The lowest BCUT2D eigenvalue weighted by Gasteiger charge is -2.39. The molecule has 1 saturated carbocycles. The molecule has 3 heteroatoms. The molecule has 0 aromatic heterocycles. The molecule has 1 aromatic carbocycles. The number of amides is 1. The second-order valence-corrected chi connectivity index (χ2v) is 7.17. The highest BCUT2D eigenvalue weighted by atomic mass is 16.2. The van der Waals surface area contributed by atoms with Gasteiger partial charge in [0.2, 0.25) is 5.91 Å². The highest BCUT2D eigenvalue weighted by Crippen LogP contribution is 2.33. The largest absolute Gasteiger partial charge is 0.342 e. The summed E-state index contributed by atoms with van der Waals surface area (Å²) in [5.41, 5.74) is 2.75. The predicted molar refractivity (Wildman–Crippen MR) is 94.1 cm³/mol. The van der Waals surface area contributed by atoms with Crippen molar-refractivity contribution in [2.24, 2.45) is 11.8 Å². The Bertz CT molecular complexity index is 521. The molecule has 1 saturated heterocycles. The predicted octanol–water partition coefficient (Wildman–Crippen LogP) is 3.38. The van der Waals surface area contributed by atoms with E-state index >= 15 is 0 Å². The van der Waals surface area contributed by atoms with Crippen molar-refractivity contribution in [2.45, 2.75) is 58.5 Å². The molecule has 23 heavy (non-hydrogen) atoms. The number of carbonyl (C=O) groups excluding carboxylic acids is 1. The van der Waals surface area contributed by atoms with Gasteiger partial charge in [0, 0.05) is 31.6 Å². The number of hydrogen-bond donors (Lipinski definition) is 1. The number of nitrogens with zero attached hydrogens (tertiary/aromatic N) is 1. The molecule has 126 valence electrons. The van der Waals surface area contributed by atoms with Crippen LogP contribution in [0.25, 0.3) is 0 Å². The zero-order valence-electron chi connectivity index (χ0n) is 14.6. The molecule has 1 aromatic rings. The Hall–Kier alpha value is -1.35. The zero-order chi connectivity index (χ0) is 16.2. The highest BCUT2D eigenvalue weighted by Gasteiger charge is 2.37. The minimum atomic E-state index is 0.356. The number of aryl methyl sites for hydroxylation is 1. The quantitative estimate of drug-likeness (QED) is 0.873. The van der Waals surface area contributed by atoms with E-state index in [9.17, 15) is 4.79 Å². The van der Waals surface area contributed by atoms with Gasteiger partial charge in [0.05, 0.1) is 0 Å². The molecule has 1 amide bonds. The molecule has 0 radical (unpaired) electrons. The van der Waals surface area contributed by atoms with Crippen LogP contribution in [-0.2, 0) is 17.8 Å². The molecule has 0 unspecified atom stereocenters. The van der Waals surface area contributed by atoms with Gasteiger partial charge in [0.25, 0.3) is 0 Å². The monoisotopic (exact) mass is 314 g/mol. The number of rotatable bonds is 6. The number of likely N-dealkylation sites (tertiary alicyclic amines) is 1. The van der Waals surface area contributed by atoms with Crippen molar-refractivity contribution in [3.8, 4) is 0 Å². The summed E-state index contributed by atoms with van der Waals surface area (Å²) in [5, 5.41) is 3.74. The standard InChI is InChI=1S/C20H30N2O/c1-3-15-5-7-16(8-6-15)13-21-19-11-12-22(14-17(19)4-2)20(23)18-9-10-18/h5-8,17-19,21H,3-4,9-14H2,1-2H3/t17-,19-/m1/s1. The van der Waals surface area contributed by atoms with Gasteiger partial charge >= 0.3 is 0 Å². The summed E-state index contributed by atoms with van der Waals surface area (Å²) in [7, 11) is 0. The van der Waals surface area contributed by atoms with E-state index in [0.717, 1.165) is 51.7 Å². The number of benzene rings is 1. The summed E-state index contributed by atoms with van der Waals surface area (Å²) in [4.78, 5) is 14.4. The average molecular weight is 314 g/mol. The van der Waals surface area contributed by atoms with Crippen molar-refractivity contribution >= 4 is 5.91 Å². The fraction of sp³-hybridized carbons (Fsp3) is 0.650. The van der Waals surface area contributed by atoms with E-state index in [0.29, 0.717) is 23.8 Å². The fourth-order valence-corrected chi connectivity index (χ4v) is 3.64. The molecule has 2 atom stereocenters. The van der Waals surface area contributed by atoms with E-state index in [-0.39, 0.29) is 0 Å². The molecule has 0 spiro atoms. The number of nitrogens with one attached hydrogen (secondary N) is 1. The Balaban J connectivity index is 1.52. The van der Waals surface area contributed by atoms with E-state index < -0.39 is 0 Å². The van der Waals surface area contributed by atoms with E-state index in [4.69, 9.17) is 0 Å². The van der Waals surface area contributed by atoms with Gasteiger partial charge in [-0.05, 0) is 42.7 Å². The van der Waals surface area contributed by atoms with Crippen LogP contribution in [0.1, 0.15) is 50.7 Å². The van der Waals surface area contributed by atoms with E-state index in [1.165, 1.54) is 11.1 Å². The third kappa shape index (κ3) is 4.14. The SMILES string of the molecule is CCc1ccc(CN[C@@H]2CCN(C(=O)C3CC3)C[C@H]2CC)cc1. The zero-order valence-corrected chi connectivity index (χ0v) is 14.6.